The molecule has 1 aliphatic heterocycles. The molecule has 0 spiro atoms. The number of morpholine rings is 1. The molecule has 0 unspecified atom stereocenters. The van der Waals surface area contributed by atoms with Crippen LogP contribution in [-0.2, 0) is 17.7 Å². The smallest absolute Gasteiger partial charge is 0.408 e. The number of halogens is 1. The number of nitrogens with zero attached hydrogens (tertiary/aromatic N) is 3. The van der Waals surface area contributed by atoms with Crippen LogP contribution in [0.1, 0.15) is 12.0 Å². The van der Waals surface area contributed by atoms with E-state index in [1.165, 1.54) is 6.07 Å². The molecule has 1 aromatic heterocycles. The minimum absolute atomic E-state index is 0.284. The van der Waals surface area contributed by atoms with Crippen LogP contribution < -0.4 is 5.76 Å². The normalized spacial score (nSPS) is 14.9. The number of benzene rings is 2. The van der Waals surface area contributed by atoms with Crippen LogP contribution in [0.3, 0.4) is 0 Å². The molecule has 150 valence electrons. The Morgan fingerprint density at radius 3 is 2.59 bits per heavy atom. The molecule has 29 heavy (non-hydrogen) atoms. The zero-order valence-electron chi connectivity index (χ0n) is 16.1. The third-order valence-corrected chi connectivity index (χ3v) is 5.30. The number of fused-ring (bicyclic) bond motifs is 1. The van der Waals surface area contributed by atoms with Crippen LogP contribution in [0.4, 0.5) is 4.39 Å². The summed E-state index contributed by atoms with van der Waals surface area (Å²) in [4.78, 5) is 14.6. The summed E-state index contributed by atoms with van der Waals surface area (Å²) in [5.74, 6) is -0.710. The van der Waals surface area contributed by atoms with E-state index in [-0.39, 0.29) is 18.0 Å². The second-order valence-electron chi connectivity index (χ2n) is 7.12. The molecule has 1 saturated heterocycles. The highest BCUT2D eigenvalue weighted by Crippen LogP contribution is 2.26. The second kappa shape index (κ2) is 8.60. The van der Waals surface area contributed by atoms with Gasteiger partial charge in [0.05, 0.1) is 24.8 Å². The fraction of sp³-hybridized carbons (Fsp3) is 0.364. The van der Waals surface area contributed by atoms with Crippen molar-refractivity contribution in [1.82, 2.24) is 9.47 Å². The quantitative estimate of drug-likeness (QED) is 0.641. The number of rotatable bonds is 6. The molecule has 0 atom stereocenters. The molecule has 0 saturated carbocycles. The molecule has 7 heteroatoms. The van der Waals surface area contributed by atoms with Gasteiger partial charge in [0.1, 0.15) is 5.82 Å². The zero-order chi connectivity index (χ0) is 20.2. The van der Waals surface area contributed by atoms with Crippen LogP contribution in [0.15, 0.2) is 45.6 Å². The van der Waals surface area contributed by atoms with Crippen LogP contribution in [0, 0.1) is 17.1 Å². The van der Waals surface area contributed by atoms with Crippen molar-refractivity contribution < 1.29 is 13.5 Å². The molecular formula is C22H22FN3O3. The maximum atomic E-state index is 14.4. The Labute approximate surface area is 167 Å². The molecule has 2 heterocycles. The number of ether oxygens (including phenoxy) is 1. The lowest BCUT2D eigenvalue weighted by molar-refractivity contribution is 0.0363. The third-order valence-electron chi connectivity index (χ3n) is 5.30. The summed E-state index contributed by atoms with van der Waals surface area (Å²) in [5.41, 5.74) is 3.28. The Bertz CT molecular complexity index is 1110. The molecular weight excluding hydrogens is 373 g/mol. The Morgan fingerprint density at radius 1 is 1.07 bits per heavy atom. The summed E-state index contributed by atoms with van der Waals surface area (Å²) in [7, 11) is 0. The van der Waals surface area contributed by atoms with Crippen molar-refractivity contribution in [3.63, 3.8) is 0 Å². The summed E-state index contributed by atoms with van der Waals surface area (Å²) < 4.78 is 26.8. The number of nitriles is 1. The molecule has 1 fully saturated rings. The highest BCUT2D eigenvalue weighted by Gasteiger charge is 2.15. The van der Waals surface area contributed by atoms with Crippen molar-refractivity contribution in [3.05, 3.63) is 58.3 Å². The highest BCUT2D eigenvalue weighted by molar-refractivity contribution is 5.80. The first-order valence-corrected chi connectivity index (χ1v) is 9.75. The van der Waals surface area contributed by atoms with Crippen LogP contribution in [-0.4, -0.2) is 42.3 Å². The zero-order valence-corrected chi connectivity index (χ0v) is 16.1. The van der Waals surface area contributed by atoms with Crippen molar-refractivity contribution >= 4 is 11.1 Å². The number of aromatic nitrogens is 1. The summed E-state index contributed by atoms with van der Waals surface area (Å²) in [6.45, 7) is 4.39. The van der Waals surface area contributed by atoms with Gasteiger partial charge in [0.2, 0.25) is 0 Å². The van der Waals surface area contributed by atoms with Crippen LogP contribution in [0.25, 0.3) is 22.2 Å². The first-order valence-electron chi connectivity index (χ1n) is 9.75. The molecule has 3 aromatic rings. The fourth-order valence-electron chi connectivity index (χ4n) is 3.64. The van der Waals surface area contributed by atoms with E-state index < -0.39 is 0 Å². The van der Waals surface area contributed by atoms with Gasteiger partial charge in [0.25, 0.3) is 0 Å². The lowest BCUT2D eigenvalue weighted by Gasteiger charge is -2.26. The Hall–Kier alpha value is -2.95. The largest absolute Gasteiger partial charge is 0.419 e. The van der Waals surface area contributed by atoms with Crippen LogP contribution in [0.5, 0.6) is 0 Å². The fourth-order valence-corrected chi connectivity index (χ4v) is 3.64. The van der Waals surface area contributed by atoms with Gasteiger partial charge < -0.3 is 9.15 Å². The van der Waals surface area contributed by atoms with Gasteiger partial charge in [-0.05, 0) is 41.3 Å². The van der Waals surface area contributed by atoms with E-state index >= 15 is 0 Å². The van der Waals surface area contributed by atoms with E-state index in [2.05, 4.69) is 4.90 Å². The molecule has 0 amide bonds. The van der Waals surface area contributed by atoms with Gasteiger partial charge in [-0.25, -0.2) is 9.18 Å². The van der Waals surface area contributed by atoms with Crippen LogP contribution >= 0.6 is 0 Å². The Balaban J connectivity index is 1.60. The van der Waals surface area contributed by atoms with Crippen LogP contribution in [0.2, 0.25) is 0 Å². The first kappa shape index (κ1) is 19.4. The van der Waals surface area contributed by atoms with Crippen molar-refractivity contribution in [2.75, 3.05) is 32.8 Å². The summed E-state index contributed by atoms with van der Waals surface area (Å²) in [5, 5.41) is 8.69. The number of aryl methyl sites for hydroxylation is 1. The van der Waals surface area contributed by atoms with Gasteiger partial charge in [-0.1, -0.05) is 18.2 Å². The van der Waals surface area contributed by atoms with Gasteiger partial charge >= 0.3 is 5.76 Å². The molecule has 1 aliphatic rings. The van der Waals surface area contributed by atoms with Crippen molar-refractivity contribution in [2.24, 2.45) is 0 Å². The molecule has 0 N–H and O–H groups in total. The molecule has 2 aromatic carbocycles. The standard InChI is InChI=1S/C22H22FN3O3/c23-19-14-17(4-3-16(19)2-1-7-24)18-5-6-21-20(15-18)26(22(27)29-21)9-8-25-10-12-28-13-11-25/h3-6,14-15H,1-2,8-13H2. The highest BCUT2D eigenvalue weighted by atomic mass is 19.1. The molecule has 4 rings (SSSR count). The summed E-state index contributed by atoms with van der Waals surface area (Å²) in [6.07, 6.45) is 0.678. The number of oxazole rings is 1. The number of hydrogen-bond donors (Lipinski definition) is 0. The predicted octanol–water partition coefficient (Wildman–Crippen LogP) is 3.19. The molecule has 0 radical (unpaired) electrons. The minimum Gasteiger partial charge on any atom is -0.408 e. The van der Waals surface area contributed by atoms with E-state index in [0.717, 1.165) is 30.8 Å². The van der Waals surface area contributed by atoms with E-state index in [0.29, 0.717) is 42.8 Å². The van der Waals surface area contributed by atoms with Gasteiger partial charge in [-0.3, -0.25) is 9.47 Å². The minimum atomic E-state index is -0.386. The molecule has 0 aliphatic carbocycles. The summed E-state index contributed by atoms with van der Waals surface area (Å²) >= 11 is 0. The average Bonchev–Trinajstić information content (AvgIpc) is 3.06. The second-order valence-corrected chi connectivity index (χ2v) is 7.12. The summed E-state index contributed by atoms with van der Waals surface area (Å²) in [6, 6.07) is 12.5. The SMILES string of the molecule is N#CCCc1ccc(-c2ccc3oc(=O)n(CCN4CCOCC4)c3c2)cc1F. The predicted molar refractivity (Wildman–Crippen MR) is 107 cm³/mol. The monoisotopic (exact) mass is 395 g/mol. The van der Waals surface area contributed by atoms with Gasteiger partial charge in [0.15, 0.2) is 5.58 Å². The first-order chi connectivity index (χ1) is 14.2. The van der Waals surface area contributed by atoms with Crippen molar-refractivity contribution in [3.8, 4) is 17.2 Å². The van der Waals surface area contributed by atoms with E-state index in [1.54, 1.807) is 16.7 Å². The molecule has 0 bridgehead atoms. The average molecular weight is 395 g/mol. The van der Waals surface area contributed by atoms with E-state index in [1.807, 2.05) is 24.3 Å². The Morgan fingerprint density at radius 2 is 1.83 bits per heavy atom. The maximum Gasteiger partial charge on any atom is 0.419 e. The van der Waals surface area contributed by atoms with E-state index in [9.17, 15) is 9.18 Å². The Kier molecular flexibility index (Phi) is 5.74. The van der Waals surface area contributed by atoms with Crippen molar-refractivity contribution in [1.29, 1.82) is 5.26 Å². The third kappa shape index (κ3) is 4.24. The van der Waals surface area contributed by atoms with E-state index in [4.69, 9.17) is 14.4 Å². The molecule has 6 nitrogen and oxygen atoms in total. The maximum absolute atomic E-state index is 14.4. The topological polar surface area (TPSA) is 71.4 Å². The van der Waals surface area contributed by atoms with Gasteiger partial charge in [-0.15, -0.1) is 0 Å². The number of hydrogen-bond acceptors (Lipinski definition) is 5. The lowest BCUT2D eigenvalue weighted by atomic mass is 10.0. The van der Waals surface area contributed by atoms with Crippen molar-refractivity contribution in [2.45, 2.75) is 19.4 Å². The van der Waals surface area contributed by atoms with Gasteiger partial charge in [-0.2, -0.15) is 5.26 Å². The lowest BCUT2D eigenvalue weighted by Crippen LogP contribution is -2.38. The van der Waals surface area contributed by atoms with Gasteiger partial charge in [0, 0.05) is 32.6 Å².